The normalized spacial score (nSPS) is 29.5. The van der Waals surface area contributed by atoms with E-state index in [2.05, 4.69) is 24.8 Å². The molecule has 0 aromatic rings. The van der Waals surface area contributed by atoms with E-state index in [1.165, 1.54) is 12.7 Å². The average molecular weight is 459 g/mol. The molecule has 2 unspecified atom stereocenters. The summed E-state index contributed by atoms with van der Waals surface area (Å²) in [6.07, 6.45) is 13.0. The van der Waals surface area contributed by atoms with Crippen LogP contribution < -0.4 is 0 Å². The number of rotatable bonds is 12. The van der Waals surface area contributed by atoms with Crippen molar-refractivity contribution in [2.75, 3.05) is 13.7 Å². The first-order valence-electron chi connectivity index (χ1n) is 13.0. The summed E-state index contributed by atoms with van der Waals surface area (Å²) in [6.45, 7) is 4.81. The molecule has 3 rings (SSSR count). The third kappa shape index (κ3) is 7.69. The Bertz CT molecular complexity index is 739. The molecular weight excluding hydrogens is 416 g/mol. The van der Waals surface area contributed by atoms with Gasteiger partial charge in [0.25, 0.3) is 0 Å². The first-order valence-corrected chi connectivity index (χ1v) is 13.0. The Hall–Kier alpha value is -1.64. The van der Waals surface area contributed by atoms with E-state index in [9.17, 15) is 9.59 Å². The molecule has 1 saturated carbocycles. The molecule has 0 aromatic carbocycles. The van der Waals surface area contributed by atoms with Crippen LogP contribution in [0.1, 0.15) is 90.9 Å². The van der Waals surface area contributed by atoms with E-state index >= 15 is 0 Å². The van der Waals surface area contributed by atoms with Crippen molar-refractivity contribution in [2.45, 2.75) is 103 Å². The van der Waals surface area contributed by atoms with Crippen LogP contribution in [-0.4, -0.2) is 37.9 Å². The molecule has 2 aliphatic carbocycles. The Morgan fingerprint density at radius 1 is 1.24 bits per heavy atom. The first-order chi connectivity index (χ1) is 16.0. The van der Waals surface area contributed by atoms with E-state index in [1.807, 2.05) is 6.92 Å². The van der Waals surface area contributed by atoms with Crippen LogP contribution in [0.4, 0.5) is 0 Å². The van der Waals surface area contributed by atoms with E-state index in [1.54, 1.807) is 0 Å². The summed E-state index contributed by atoms with van der Waals surface area (Å²) in [5.74, 6) is 7.50. The fraction of sp³-hybridized carbons (Fsp3) is 0.786. The lowest BCUT2D eigenvalue weighted by Gasteiger charge is -2.30. The Morgan fingerprint density at radius 3 is 2.82 bits per heavy atom. The smallest absolute Gasteiger partial charge is 0.305 e. The van der Waals surface area contributed by atoms with E-state index < -0.39 is 0 Å². The number of ketones is 1. The summed E-state index contributed by atoms with van der Waals surface area (Å²) in [5.41, 5.74) is 1.45. The molecule has 184 valence electrons. The number of hydrogen-bond acceptors (Lipinski definition) is 5. The van der Waals surface area contributed by atoms with Crippen LogP contribution in [0.3, 0.4) is 0 Å². The van der Waals surface area contributed by atoms with Crippen molar-refractivity contribution < 1.29 is 23.8 Å². The van der Waals surface area contributed by atoms with Crippen LogP contribution in [0.25, 0.3) is 0 Å². The summed E-state index contributed by atoms with van der Waals surface area (Å²) >= 11 is 0. The summed E-state index contributed by atoms with van der Waals surface area (Å²) in [4.78, 5) is 24.8. The van der Waals surface area contributed by atoms with Crippen molar-refractivity contribution in [3.8, 4) is 11.8 Å². The largest absolute Gasteiger partial charge is 0.469 e. The average Bonchev–Trinajstić information content (AvgIpc) is 3.36. The maximum Gasteiger partial charge on any atom is 0.305 e. The zero-order chi connectivity index (χ0) is 23.6. The topological polar surface area (TPSA) is 61.8 Å². The van der Waals surface area contributed by atoms with Crippen LogP contribution in [-0.2, 0) is 23.8 Å². The van der Waals surface area contributed by atoms with Crippen molar-refractivity contribution >= 4 is 11.8 Å². The van der Waals surface area contributed by atoms with Gasteiger partial charge in [-0.2, -0.15) is 0 Å². The van der Waals surface area contributed by atoms with Crippen molar-refractivity contribution in [1.82, 2.24) is 0 Å². The fourth-order valence-corrected chi connectivity index (χ4v) is 5.72. The Balaban J connectivity index is 1.58. The number of carbonyl (C=O) groups is 2. The van der Waals surface area contributed by atoms with Crippen LogP contribution in [0.5, 0.6) is 0 Å². The van der Waals surface area contributed by atoms with E-state index in [0.717, 1.165) is 70.8 Å². The van der Waals surface area contributed by atoms with Gasteiger partial charge in [0.1, 0.15) is 5.78 Å². The number of methoxy groups -OCH3 is 1. The van der Waals surface area contributed by atoms with Gasteiger partial charge >= 0.3 is 5.97 Å². The van der Waals surface area contributed by atoms with E-state index in [-0.39, 0.29) is 24.3 Å². The molecule has 0 amide bonds. The number of unbranched alkanes of at least 4 members (excludes halogenated alkanes) is 1. The second-order valence-electron chi connectivity index (χ2n) is 10.1. The molecule has 0 aromatic heterocycles. The van der Waals surface area contributed by atoms with Gasteiger partial charge in [-0.25, -0.2) is 0 Å². The number of ether oxygens (including phenoxy) is 3. The molecule has 6 atom stereocenters. The standard InChI is InChI=1S/C28H42O5/c1-4-5-10-20(2)14-15-24(29)28-23-18-21(11-6-7-12-26(30)31-3)17-22(23)19-25(28)33-27-13-8-9-16-32-27/h17,20,22-23,25,27-28H,6-16,18-19H2,1-3H3/t20?,22-,23-,25-,27?,28+/m1/s1. The third-order valence-electron chi connectivity index (χ3n) is 7.57. The molecule has 2 fully saturated rings. The summed E-state index contributed by atoms with van der Waals surface area (Å²) in [5, 5.41) is 0. The molecule has 1 heterocycles. The van der Waals surface area contributed by atoms with Gasteiger partial charge in [0.05, 0.1) is 13.2 Å². The third-order valence-corrected chi connectivity index (χ3v) is 7.57. The second kappa shape index (κ2) is 13.3. The van der Waals surface area contributed by atoms with E-state index in [0.29, 0.717) is 36.4 Å². The molecule has 1 aliphatic heterocycles. The molecule has 0 spiro atoms. The number of Topliss-reactive ketones (excluding diaryl/α,β-unsaturated/α-hetero) is 1. The molecule has 33 heavy (non-hydrogen) atoms. The monoisotopic (exact) mass is 458 g/mol. The Kier molecular flexibility index (Phi) is 10.5. The molecule has 0 radical (unpaired) electrons. The number of fused-ring (bicyclic) bond motifs is 1. The Labute approximate surface area is 200 Å². The summed E-state index contributed by atoms with van der Waals surface area (Å²) < 4.78 is 17.0. The first kappa shape index (κ1) is 26.0. The maximum absolute atomic E-state index is 13.5. The number of hydrogen-bond donors (Lipinski definition) is 0. The van der Waals surface area contributed by atoms with Crippen molar-refractivity contribution in [1.29, 1.82) is 0 Å². The highest BCUT2D eigenvalue weighted by molar-refractivity contribution is 5.82. The SMILES string of the molecule is CC#CCC(C)CCC(=O)[C@@H]1[C@@H]2CC(CCCCC(=O)OC)=C[C@@H]2C[C@H]1OC1CCCCO1. The van der Waals surface area contributed by atoms with Crippen LogP contribution >= 0.6 is 0 Å². The van der Waals surface area contributed by atoms with Gasteiger partial charge in [-0.05, 0) is 82.5 Å². The summed E-state index contributed by atoms with van der Waals surface area (Å²) in [6, 6.07) is 0. The predicted octanol–water partition coefficient (Wildman–Crippen LogP) is 5.61. The van der Waals surface area contributed by atoms with Crippen molar-refractivity contribution in [3.63, 3.8) is 0 Å². The van der Waals surface area contributed by atoms with Crippen molar-refractivity contribution in [2.24, 2.45) is 23.7 Å². The van der Waals surface area contributed by atoms with Gasteiger partial charge in [0, 0.05) is 31.8 Å². The molecule has 3 aliphatic rings. The van der Waals surface area contributed by atoms with Gasteiger partial charge < -0.3 is 14.2 Å². The van der Waals surface area contributed by atoms with Gasteiger partial charge in [-0.15, -0.1) is 11.8 Å². The maximum atomic E-state index is 13.5. The highest BCUT2D eigenvalue weighted by Crippen LogP contribution is 2.50. The van der Waals surface area contributed by atoms with Gasteiger partial charge in [-0.3, -0.25) is 9.59 Å². The van der Waals surface area contributed by atoms with Gasteiger partial charge in [0.15, 0.2) is 6.29 Å². The Morgan fingerprint density at radius 2 is 2.09 bits per heavy atom. The molecule has 0 bridgehead atoms. The highest BCUT2D eigenvalue weighted by Gasteiger charge is 2.49. The van der Waals surface area contributed by atoms with Gasteiger partial charge in [0.2, 0.25) is 0 Å². The minimum absolute atomic E-state index is 0.0292. The minimum atomic E-state index is -0.154. The second-order valence-corrected chi connectivity index (χ2v) is 10.1. The number of esters is 1. The van der Waals surface area contributed by atoms with Crippen molar-refractivity contribution in [3.05, 3.63) is 11.6 Å². The highest BCUT2D eigenvalue weighted by atomic mass is 16.7. The zero-order valence-corrected chi connectivity index (χ0v) is 20.8. The van der Waals surface area contributed by atoms with Crippen LogP contribution in [0, 0.1) is 35.5 Å². The van der Waals surface area contributed by atoms with Gasteiger partial charge in [-0.1, -0.05) is 18.6 Å². The quantitative estimate of drug-likeness (QED) is 0.165. The molecule has 1 saturated heterocycles. The summed E-state index contributed by atoms with van der Waals surface area (Å²) in [7, 11) is 1.44. The van der Waals surface area contributed by atoms with Crippen LogP contribution in [0.2, 0.25) is 0 Å². The molecular formula is C28H42O5. The lowest BCUT2D eigenvalue weighted by Crippen LogP contribution is -2.35. The number of allylic oxidation sites excluding steroid dienone is 2. The lowest BCUT2D eigenvalue weighted by atomic mass is 9.83. The fourth-order valence-electron chi connectivity index (χ4n) is 5.72. The minimum Gasteiger partial charge on any atom is -0.469 e. The van der Waals surface area contributed by atoms with E-state index in [4.69, 9.17) is 14.2 Å². The number of carbonyl (C=O) groups excluding carboxylic acids is 2. The lowest BCUT2D eigenvalue weighted by molar-refractivity contribution is -0.196. The zero-order valence-electron chi connectivity index (χ0n) is 20.8. The molecule has 0 N–H and O–H groups in total. The molecule has 5 nitrogen and oxygen atoms in total. The predicted molar refractivity (Wildman–Crippen MR) is 128 cm³/mol. The molecule has 5 heteroatoms. The van der Waals surface area contributed by atoms with Crippen LogP contribution in [0.15, 0.2) is 11.6 Å².